The summed E-state index contributed by atoms with van der Waals surface area (Å²) in [6.07, 6.45) is 0. The Kier molecular flexibility index (Phi) is 3.74. The van der Waals surface area contributed by atoms with E-state index in [-0.39, 0.29) is 11.5 Å². The van der Waals surface area contributed by atoms with Gasteiger partial charge in [-0.25, -0.2) is 0 Å². The highest BCUT2D eigenvalue weighted by molar-refractivity contribution is 5.90. The number of rotatable bonds is 2. The van der Waals surface area contributed by atoms with Gasteiger partial charge in [0.2, 0.25) is 11.7 Å². The first kappa shape index (κ1) is 16.5. The molecule has 1 unspecified atom stereocenters. The summed E-state index contributed by atoms with van der Waals surface area (Å²) in [4.78, 5) is 10.3. The molecular weight excluding hydrogens is 349 g/mol. The molecule has 2 N–H and O–H groups in total. The van der Waals surface area contributed by atoms with Crippen LogP contribution < -0.4 is 10.5 Å². The molecule has 1 aliphatic heterocycles. The maximum absolute atomic E-state index is 13.8. The molecule has 0 aliphatic carbocycles. The first-order valence-corrected chi connectivity index (χ1v) is 8.04. The maximum atomic E-state index is 13.8. The lowest BCUT2D eigenvalue weighted by molar-refractivity contribution is -0.387. The molecule has 7 heteroatoms. The molecule has 0 saturated heterocycles. The minimum Gasteiger partial charge on any atom is -0.440 e. The molecule has 0 amide bonds. The van der Waals surface area contributed by atoms with Crippen molar-refractivity contribution in [1.82, 2.24) is 0 Å². The lowest BCUT2D eigenvalue weighted by atomic mass is 9.82. The molecule has 0 fully saturated rings. The molecule has 6 nitrogen and oxygen atoms in total. The summed E-state index contributed by atoms with van der Waals surface area (Å²) in [6, 6.07) is 16.8. The summed E-state index contributed by atoms with van der Waals surface area (Å²) < 4.78 is 19.5. The normalized spacial score (nSPS) is 15.8. The van der Waals surface area contributed by atoms with Crippen molar-refractivity contribution in [2.24, 2.45) is 5.73 Å². The first-order chi connectivity index (χ1) is 13.0. The SMILES string of the molecule is N#CC1=C(N)Oc2c(ccc3ccccc23)C1c1ccc(F)c([N+](=O)[O-])c1. The van der Waals surface area contributed by atoms with E-state index in [2.05, 4.69) is 0 Å². The van der Waals surface area contributed by atoms with Gasteiger partial charge in [-0.3, -0.25) is 10.1 Å². The number of nitrogens with zero attached hydrogens (tertiary/aromatic N) is 2. The number of fused-ring (bicyclic) bond motifs is 3. The second-order valence-corrected chi connectivity index (χ2v) is 6.10. The van der Waals surface area contributed by atoms with E-state index in [1.807, 2.05) is 36.4 Å². The topological polar surface area (TPSA) is 102 Å². The number of hydrogen-bond acceptors (Lipinski definition) is 5. The van der Waals surface area contributed by atoms with Crippen molar-refractivity contribution in [3.63, 3.8) is 0 Å². The maximum Gasteiger partial charge on any atom is 0.305 e. The van der Waals surface area contributed by atoms with E-state index in [0.29, 0.717) is 16.9 Å². The number of ether oxygens (including phenoxy) is 1. The second kappa shape index (κ2) is 6.11. The third-order valence-electron chi connectivity index (χ3n) is 4.61. The zero-order valence-electron chi connectivity index (χ0n) is 13.8. The largest absolute Gasteiger partial charge is 0.440 e. The van der Waals surface area contributed by atoms with Crippen LogP contribution in [0, 0.1) is 27.3 Å². The average Bonchev–Trinajstić information content (AvgIpc) is 2.67. The molecular formula is C20H12FN3O3. The standard InChI is InChI=1S/C20H12FN3O3/c21-16-8-6-12(9-17(16)24(25)26)18-14-7-5-11-3-1-2-4-13(11)19(14)27-20(23)15(18)10-22/h1-9,18H,23H2. The predicted molar refractivity (Wildman–Crippen MR) is 96.3 cm³/mol. The van der Waals surface area contributed by atoms with Crippen LogP contribution in [0.15, 0.2) is 66.1 Å². The van der Waals surface area contributed by atoms with Crippen molar-refractivity contribution in [1.29, 1.82) is 5.26 Å². The van der Waals surface area contributed by atoms with Crippen molar-refractivity contribution in [3.05, 3.63) is 93.1 Å². The van der Waals surface area contributed by atoms with Crippen LogP contribution in [-0.4, -0.2) is 4.92 Å². The van der Waals surface area contributed by atoms with Crippen molar-refractivity contribution >= 4 is 16.5 Å². The molecule has 0 aromatic heterocycles. The van der Waals surface area contributed by atoms with Gasteiger partial charge in [-0.05, 0) is 17.0 Å². The third kappa shape index (κ3) is 2.55. The van der Waals surface area contributed by atoms with E-state index in [1.54, 1.807) is 6.07 Å². The van der Waals surface area contributed by atoms with Crippen LogP contribution in [0.2, 0.25) is 0 Å². The highest BCUT2D eigenvalue weighted by Crippen LogP contribution is 2.45. The molecule has 0 bridgehead atoms. The van der Waals surface area contributed by atoms with Gasteiger partial charge in [-0.1, -0.05) is 42.5 Å². The quantitative estimate of drug-likeness (QED) is 0.547. The Labute approximate surface area is 153 Å². The number of nitro groups is 1. The fourth-order valence-electron chi connectivity index (χ4n) is 3.38. The van der Waals surface area contributed by atoms with E-state index >= 15 is 0 Å². The molecule has 0 spiro atoms. The Morgan fingerprint density at radius 3 is 2.70 bits per heavy atom. The number of halogens is 1. The van der Waals surface area contributed by atoms with Crippen LogP contribution in [0.25, 0.3) is 10.8 Å². The van der Waals surface area contributed by atoms with E-state index in [1.165, 1.54) is 6.07 Å². The molecule has 0 saturated carbocycles. The predicted octanol–water partition coefficient (Wildman–Crippen LogP) is 4.11. The van der Waals surface area contributed by atoms with Gasteiger partial charge in [0, 0.05) is 17.0 Å². The summed E-state index contributed by atoms with van der Waals surface area (Å²) in [5.41, 5.74) is 6.48. The van der Waals surface area contributed by atoms with Crippen LogP contribution in [0.4, 0.5) is 10.1 Å². The highest BCUT2D eigenvalue weighted by atomic mass is 19.1. The highest BCUT2D eigenvalue weighted by Gasteiger charge is 2.33. The van der Waals surface area contributed by atoms with Crippen LogP contribution in [0.5, 0.6) is 5.75 Å². The molecule has 1 atom stereocenters. The molecule has 0 radical (unpaired) electrons. The van der Waals surface area contributed by atoms with Gasteiger partial charge in [0.15, 0.2) is 0 Å². The van der Waals surface area contributed by atoms with Gasteiger partial charge >= 0.3 is 5.69 Å². The van der Waals surface area contributed by atoms with Gasteiger partial charge < -0.3 is 10.5 Å². The Bertz CT molecular complexity index is 1180. The zero-order valence-corrected chi connectivity index (χ0v) is 13.8. The summed E-state index contributed by atoms with van der Waals surface area (Å²) in [5, 5.41) is 22.4. The number of nitrogens with two attached hydrogens (primary N) is 1. The Morgan fingerprint density at radius 1 is 1.19 bits per heavy atom. The van der Waals surface area contributed by atoms with Gasteiger partial charge in [-0.15, -0.1) is 0 Å². The lowest BCUT2D eigenvalue weighted by Crippen LogP contribution is -2.21. The van der Waals surface area contributed by atoms with Gasteiger partial charge in [0.1, 0.15) is 17.4 Å². The Morgan fingerprint density at radius 2 is 1.96 bits per heavy atom. The Balaban J connectivity index is 2.00. The van der Waals surface area contributed by atoms with Crippen LogP contribution >= 0.6 is 0 Å². The number of nitriles is 1. The van der Waals surface area contributed by atoms with Crippen LogP contribution in [-0.2, 0) is 0 Å². The van der Waals surface area contributed by atoms with E-state index in [0.717, 1.165) is 22.9 Å². The molecule has 132 valence electrons. The monoisotopic (exact) mass is 361 g/mol. The molecule has 3 aromatic carbocycles. The fourth-order valence-corrected chi connectivity index (χ4v) is 3.38. The van der Waals surface area contributed by atoms with Crippen molar-refractivity contribution in [2.75, 3.05) is 0 Å². The van der Waals surface area contributed by atoms with E-state index < -0.39 is 22.3 Å². The van der Waals surface area contributed by atoms with Crippen LogP contribution in [0.1, 0.15) is 17.0 Å². The average molecular weight is 361 g/mol. The van der Waals surface area contributed by atoms with Crippen molar-refractivity contribution < 1.29 is 14.1 Å². The minimum atomic E-state index is -0.940. The van der Waals surface area contributed by atoms with Gasteiger partial charge in [0.05, 0.1) is 10.8 Å². The lowest BCUT2D eigenvalue weighted by Gasteiger charge is -2.27. The fraction of sp³-hybridized carbons (Fsp3) is 0.0500. The number of nitro benzene ring substituents is 1. The molecule has 27 heavy (non-hydrogen) atoms. The van der Waals surface area contributed by atoms with Crippen molar-refractivity contribution in [3.8, 4) is 11.8 Å². The minimum absolute atomic E-state index is 0.0710. The molecule has 1 heterocycles. The summed E-state index contributed by atoms with van der Waals surface area (Å²) in [5.74, 6) is -1.22. The smallest absolute Gasteiger partial charge is 0.305 e. The Hall–Kier alpha value is -3.92. The zero-order chi connectivity index (χ0) is 19.1. The second-order valence-electron chi connectivity index (χ2n) is 6.10. The summed E-state index contributed by atoms with van der Waals surface area (Å²) >= 11 is 0. The summed E-state index contributed by atoms with van der Waals surface area (Å²) in [6.45, 7) is 0. The van der Waals surface area contributed by atoms with Crippen LogP contribution in [0.3, 0.4) is 0 Å². The number of allylic oxidation sites excluding steroid dienone is 1. The summed E-state index contributed by atoms with van der Waals surface area (Å²) in [7, 11) is 0. The third-order valence-corrected chi connectivity index (χ3v) is 4.61. The molecule has 4 rings (SSSR count). The van der Waals surface area contributed by atoms with E-state index in [4.69, 9.17) is 10.5 Å². The number of benzene rings is 3. The number of hydrogen-bond donors (Lipinski definition) is 1. The van der Waals surface area contributed by atoms with Crippen molar-refractivity contribution in [2.45, 2.75) is 5.92 Å². The first-order valence-electron chi connectivity index (χ1n) is 8.04. The van der Waals surface area contributed by atoms with E-state index in [9.17, 15) is 19.8 Å². The molecule has 3 aromatic rings. The van der Waals surface area contributed by atoms with Gasteiger partial charge in [0.25, 0.3) is 0 Å². The molecule has 1 aliphatic rings. The van der Waals surface area contributed by atoms with Gasteiger partial charge in [-0.2, -0.15) is 9.65 Å².